The van der Waals surface area contributed by atoms with Crippen LogP contribution in [0.15, 0.2) is 12.2 Å². The Kier molecular flexibility index (Phi) is 17.3. The second-order valence-corrected chi connectivity index (χ2v) is 15.9. The Morgan fingerprint density at radius 1 is 0.762 bits per heavy atom. The molecule has 0 aromatic heterocycles. The first-order valence-electron chi connectivity index (χ1n) is 16.2. The molecule has 2 unspecified atom stereocenters. The zero-order valence-electron chi connectivity index (χ0n) is 29.8. The van der Waals surface area contributed by atoms with Gasteiger partial charge in [0, 0.05) is 13.0 Å². The maximum atomic E-state index is 12.7. The summed E-state index contributed by atoms with van der Waals surface area (Å²) in [6, 6.07) is 0. The van der Waals surface area contributed by atoms with E-state index in [0.717, 1.165) is 25.9 Å². The van der Waals surface area contributed by atoms with Crippen molar-refractivity contribution in [3.8, 4) is 0 Å². The standard InChI is InChI=1S/C35H69NO6/c1-14-28(16-15-18-30(2,3)4)39-25-21-31(5,6)19-20-35(13,36)42-27-23-33(9,10)40-24-17-29(37)34(11,12)41-26-22-32(7,8)38/h19-20,28,38H,14-18,21-27,36H2,1-13H3/b20-19+. The summed E-state index contributed by atoms with van der Waals surface area (Å²) >= 11 is 0. The maximum absolute atomic E-state index is 12.7. The van der Waals surface area contributed by atoms with Gasteiger partial charge in [0.1, 0.15) is 11.3 Å². The molecular weight excluding hydrogens is 530 g/mol. The zero-order valence-corrected chi connectivity index (χ0v) is 29.8. The van der Waals surface area contributed by atoms with E-state index in [9.17, 15) is 9.90 Å². The van der Waals surface area contributed by atoms with Crippen molar-refractivity contribution in [2.45, 2.75) is 170 Å². The van der Waals surface area contributed by atoms with E-state index >= 15 is 0 Å². The van der Waals surface area contributed by atoms with Crippen LogP contribution in [0.4, 0.5) is 0 Å². The van der Waals surface area contributed by atoms with Crippen LogP contribution in [-0.4, -0.2) is 65.9 Å². The number of ketones is 1. The molecule has 0 saturated carbocycles. The second-order valence-electron chi connectivity index (χ2n) is 15.9. The number of carbonyl (C=O) groups is 1. The number of nitrogens with two attached hydrogens (primary N) is 1. The average Bonchev–Trinajstić information content (AvgIpc) is 2.79. The monoisotopic (exact) mass is 600 g/mol. The number of ether oxygens (including phenoxy) is 4. The highest BCUT2D eigenvalue weighted by Crippen LogP contribution is 2.26. The maximum Gasteiger partial charge on any atom is 0.166 e. The van der Waals surface area contributed by atoms with Crippen LogP contribution in [0.1, 0.15) is 141 Å². The van der Waals surface area contributed by atoms with Crippen molar-refractivity contribution in [1.29, 1.82) is 0 Å². The SMILES string of the molecule is CCC(CCCC(C)(C)C)OCCC(C)(C)/C=C/C(C)(N)OCCC(C)(C)OCCC(=O)C(C)(C)OCCC(C)(C)O. The molecule has 0 aromatic rings. The predicted octanol–water partition coefficient (Wildman–Crippen LogP) is 7.76. The van der Waals surface area contributed by atoms with E-state index in [2.05, 4.69) is 47.6 Å². The van der Waals surface area contributed by atoms with Crippen molar-refractivity contribution >= 4 is 5.78 Å². The molecular formula is C35H69NO6. The Morgan fingerprint density at radius 2 is 1.36 bits per heavy atom. The Morgan fingerprint density at radius 3 is 1.90 bits per heavy atom. The topological polar surface area (TPSA) is 100 Å². The molecule has 0 aromatic carbocycles. The molecule has 0 heterocycles. The van der Waals surface area contributed by atoms with Gasteiger partial charge in [-0.1, -0.05) is 54.0 Å². The number of aliphatic hydroxyl groups is 1. The molecule has 42 heavy (non-hydrogen) atoms. The molecule has 0 spiro atoms. The smallest absolute Gasteiger partial charge is 0.166 e. The van der Waals surface area contributed by atoms with Gasteiger partial charge in [-0.15, -0.1) is 0 Å². The minimum Gasteiger partial charge on any atom is -0.390 e. The van der Waals surface area contributed by atoms with E-state index in [1.54, 1.807) is 27.7 Å². The summed E-state index contributed by atoms with van der Waals surface area (Å²) in [7, 11) is 0. The van der Waals surface area contributed by atoms with E-state index < -0.39 is 22.5 Å². The van der Waals surface area contributed by atoms with Gasteiger partial charge >= 0.3 is 0 Å². The second kappa shape index (κ2) is 17.6. The highest BCUT2D eigenvalue weighted by Gasteiger charge is 2.30. The van der Waals surface area contributed by atoms with Crippen LogP contribution in [0.2, 0.25) is 0 Å². The van der Waals surface area contributed by atoms with Crippen LogP contribution < -0.4 is 5.73 Å². The Hall–Kier alpha value is -0.830. The molecule has 250 valence electrons. The Labute approximate surface area is 259 Å². The minimum atomic E-state index is -0.917. The van der Waals surface area contributed by atoms with Crippen LogP contribution in [0.25, 0.3) is 0 Å². The van der Waals surface area contributed by atoms with Crippen LogP contribution in [0.3, 0.4) is 0 Å². The highest BCUT2D eigenvalue weighted by atomic mass is 16.5. The molecule has 0 radical (unpaired) electrons. The molecule has 0 bridgehead atoms. The lowest BCUT2D eigenvalue weighted by molar-refractivity contribution is -0.144. The summed E-state index contributed by atoms with van der Waals surface area (Å²) in [5, 5.41) is 9.85. The van der Waals surface area contributed by atoms with Gasteiger partial charge in [0.2, 0.25) is 0 Å². The first-order chi connectivity index (χ1) is 18.9. The van der Waals surface area contributed by atoms with E-state index in [4.69, 9.17) is 24.7 Å². The third-order valence-corrected chi connectivity index (χ3v) is 7.66. The molecule has 3 N–H and O–H groups in total. The van der Waals surface area contributed by atoms with E-state index in [1.165, 1.54) is 12.8 Å². The molecule has 0 aliphatic rings. The van der Waals surface area contributed by atoms with Gasteiger partial charge in [0.15, 0.2) is 5.78 Å². The van der Waals surface area contributed by atoms with Crippen LogP contribution >= 0.6 is 0 Å². The third-order valence-electron chi connectivity index (χ3n) is 7.66. The minimum absolute atomic E-state index is 0.0243. The molecule has 7 nitrogen and oxygen atoms in total. The lowest BCUT2D eigenvalue weighted by Gasteiger charge is -2.30. The number of hydrogen-bond donors (Lipinski definition) is 2. The van der Waals surface area contributed by atoms with Crippen LogP contribution in [-0.2, 0) is 23.7 Å². The first kappa shape index (κ1) is 41.2. The highest BCUT2D eigenvalue weighted by molar-refractivity contribution is 5.86. The number of hydrogen-bond acceptors (Lipinski definition) is 7. The molecule has 0 rings (SSSR count). The molecule has 0 fully saturated rings. The van der Waals surface area contributed by atoms with E-state index in [1.807, 2.05) is 26.8 Å². The zero-order chi connectivity index (χ0) is 32.9. The largest absolute Gasteiger partial charge is 0.390 e. The summed E-state index contributed by atoms with van der Waals surface area (Å²) in [6.45, 7) is 28.1. The summed E-state index contributed by atoms with van der Waals surface area (Å²) in [5.74, 6) is -0.0243. The average molecular weight is 600 g/mol. The Bertz CT molecular complexity index is 786. The molecule has 0 amide bonds. The molecule has 0 aliphatic heterocycles. The molecule has 2 atom stereocenters. The number of carbonyl (C=O) groups excluding carboxylic acids is 1. The molecule has 0 aliphatic carbocycles. The van der Waals surface area contributed by atoms with Crippen LogP contribution in [0.5, 0.6) is 0 Å². The summed E-state index contributed by atoms with van der Waals surface area (Å²) in [5.41, 5.74) is 3.65. The quantitative estimate of drug-likeness (QED) is 0.0914. The van der Waals surface area contributed by atoms with Crippen molar-refractivity contribution in [2.24, 2.45) is 16.6 Å². The fraction of sp³-hybridized carbons (Fsp3) is 0.914. The van der Waals surface area contributed by atoms with Gasteiger partial charge in [0.25, 0.3) is 0 Å². The van der Waals surface area contributed by atoms with Crippen molar-refractivity contribution in [3.63, 3.8) is 0 Å². The van der Waals surface area contributed by atoms with Crippen molar-refractivity contribution in [2.75, 3.05) is 26.4 Å². The van der Waals surface area contributed by atoms with Crippen molar-refractivity contribution in [1.82, 2.24) is 0 Å². The predicted molar refractivity (Wildman–Crippen MR) is 175 cm³/mol. The fourth-order valence-electron chi connectivity index (χ4n) is 4.22. The van der Waals surface area contributed by atoms with Gasteiger partial charge in [-0.05, 0) is 104 Å². The lowest BCUT2D eigenvalue weighted by atomic mass is 9.88. The molecule has 7 heteroatoms. The van der Waals surface area contributed by atoms with E-state index in [-0.39, 0.29) is 17.6 Å². The fourth-order valence-corrected chi connectivity index (χ4v) is 4.22. The van der Waals surface area contributed by atoms with Crippen molar-refractivity contribution in [3.05, 3.63) is 12.2 Å². The number of Topliss-reactive ketones (excluding diaryl/α,β-unsaturated/α-hetero) is 1. The van der Waals surface area contributed by atoms with Gasteiger partial charge in [-0.2, -0.15) is 0 Å². The normalized spacial score (nSPS) is 16.2. The van der Waals surface area contributed by atoms with Gasteiger partial charge in [-0.3, -0.25) is 4.79 Å². The van der Waals surface area contributed by atoms with Gasteiger partial charge in [-0.25, -0.2) is 0 Å². The molecule has 0 saturated heterocycles. The van der Waals surface area contributed by atoms with Gasteiger partial charge < -0.3 is 29.8 Å². The lowest BCUT2D eigenvalue weighted by Crippen LogP contribution is -2.40. The van der Waals surface area contributed by atoms with E-state index in [0.29, 0.717) is 44.2 Å². The Balaban J connectivity index is 4.52. The number of rotatable bonds is 23. The third kappa shape index (κ3) is 21.8. The number of allylic oxidation sites excluding steroid dienone is 1. The van der Waals surface area contributed by atoms with Crippen molar-refractivity contribution < 1.29 is 28.8 Å². The summed E-state index contributed by atoms with van der Waals surface area (Å²) < 4.78 is 24.0. The van der Waals surface area contributed by atoms with Crippen LogP contribution in [0, 0.1) is 10.8 Å². The summed E-state index contributed by atoms with van der Waals surface area (Å²) in [6.07, 6.45) is 11.3. The first-order valence-corrected chi connectivity index (χ1v) is 16.2. The summed E-state index contributed by atoms with van der Waals surface area (Å²) in [4.78, 5) is 12.7. The van der Waals surface area contributed by atoms with Gasteiger partial charge in [0.05, 0.1) is 37.1 Å².